The third kappa shape index (κ3) is 2.91. The van der Waals surface area contributed by atoms with Crippen molar-refractivity contribution in [1.82, 2.24) is 9.62 Å². The van der Waals surface area contributed by atoms with Gasteiger partial charge in [0.2, 0.25) is 0 Å². The molecule has 122 valence electrons. The third-order valence-electron chi connectivity index (χ3n) is 3.30. The lowest BCUT2D eigenvalue weighted by Crippen LogP contribution is -2.36. The van der Waals surface area contributed by atoms with E-state index in [1.807, 2.05) is 0 Å². The van der Waals surface area contributed by atoms with Gasteiger partial charge in [-0.2, -0.15) is 0 Å². The molecule has 8 heteroatoms. The fourth-order valence-electron chi connectivity index (χ4n) is 2.16. The lowest BCUT2D eigenvalue weighted by Gasteiger charge is -2.12. The molecule has 1 heterocycles. The lowest BCUT2D eigenvalue weighted by atomic mass is 10.2. The average molecular weight is 363 g/mol. The first-order valence-electron chi connectivity index (χ1n) is 6.82. The minimum atomic E-state index is -4.26. The highest BCUT2D eigenvalue weighted by molar-refractivity contribution is 7.90. The molecule has 0 radical (unpaired) electrons. The molecule has 0 bridgehead atoms. The van der Waals surface area contributed by atoms with Gasteiger partial charge in [-0.3, -0.25) is 4.79 Å². The maximum atomic E-state index is 12.5. The maximum Gasteiger partial charge on any atom is 0.343 e. The Morgan fingerprint density at radius 1 is 0.958 bits per heavy atom. The Labute approximate surface area is 143 Å². The molecule has 3 amide bonds. The summed E-state index contributed by atoms with van der Waals surface area (Å²) in [5, 5.41) is 2.80. The molecule has 0 atom stereocenters. The molecule has 0 saturated carbocycles. The van der Waals surface area contributed by atoms with Gasteiger partial charge in [0, 0.05) is 5.02 Å². The normalized spacial score (nSPS) is 16.5. The number of nitrogens with one attached hydrogen (secondary N) is 1. The van der Waals surface area contributed by atoms with Crippen LogP contribution in [-0.2, 0) is 14.8 Å². The Morgan fingerprint density at radius 2 is 1.58 bits per heavy atom. The number of sulfonamides is 1. The van der Waals surface area contributed by atoms with E-state index in [9.17, 15) is 18.0 Å². The number of nitrogens with zero attached hydrogens (tertiary/aromatic N) is 1. The van der Waals surface area contributed by atoms with E-state index >= 15 is 0 Å². The zero-order valence-electron chi connectivity index (χ0n) is 12.1. The summed E-state index contributed by atoms with van der Waals surface area (Å²) in [4.78, 5) is 24.3. The van der Waals surface area contributed by atoms with Crippen LogP contribution in [-0.4, -0.2) is 24.7 Å². The van der Waals surface area contributed by atoms with Crippen molar-refractivity contribution in [1.29, 1.82) is 0 Å². The van der Waals surface area contributed by atoms with E-state index in [2.05, 4.69) is 5.32 Å². The summed E-state index contributed by atoms with van der Waals surface area (Å²) < 4.78 is 25.2. The van der Waals surface area contributed by atoms with Crippen LogP contribution < -0.4 is 5.32 Å². The van der Waals surface area contributed by atoms with Crippen molar-refractivity contribution in [2.75, 3.05) is 0 Å². The molecule has 24 heavy (non-hydrogen) atoms. The minimum Gasteiger partial charge on any atom is -0.302 e. The molecule has 2 aromatic rings. The Balaban J connectivity index is 1.96. The molecule has 0 spiro atoms. The highest BCUT2D eigenvalue weighted by Crippen LogP contribution is 2.23. The van der Waals surface area contributed by atoms with Crippen LogP contribution in [0.25, 0.3) is 6.08 Å². The highest BCUT2D eigenvalue weighted by atomic mass is 35.5. The van der Waals surface area contributed by atoms with Crippen LogP contribution >= 0.6 is 11.6 Å². The Morgan fingerprint density at radius 3 is 2.21 bits per heavy atom. The molecule has 1 aliphatic heterocycles. The summed E-state index contributed by atoms with van der Waals surface area (Å²) in [6.07, 6.45) is 1.39. The Hall–Kier alpha value is -2.64. The van der Waals surface area contributed by atoms with Gasteiger partial charge in [-0.25, -0.2) is 13.2 Å². The summed E-state index contributed by atoms with van der Waals surface area (Å²) in [5.74, 6) is -0.932. The molecule has 0 aliphatic carbocycles. The summed E-state index contributed by atoms with van der Waals surface area (Å²) in [5.41, 5.74) is 0.476. The molecule has 0 unspecified atom stereocenters. The summed E-state index contributed by atoms with van der Waals surface area (Å²) >= 11 is 5.79. The SMILES string of the molecule is O=C1N/C(=C\c2ccc(Cl)cc2)C(=O)N1S(=O)(=O)c1ccccc1. The summed E-state index contributed by atoms with van der Waals surface area (Å²) in [6, 6.07) is 12.8. The third-order valence-corrected chi connectivity index (χ3v) is 5.24. The average Bonchev–Trinajstić information content (AvgIpc) is 2.85. The van der Waals surface area contributed by atoms with Crippen LogP contribution in [0.4, 0.5) is 4.79 Å². The fourth-order valence-corrected chi connectivity index (χ4v) is 3.58. The topological polar surface area (TPSA) is 83.6 Å². The van der Waals surface area contributed by atoms with Crippen molar-refractivity contribution in [3.63, 3.8) is 0 Å². The molecule has 1 N–H and O–H groups in total. The zero-order chi connectivity index (χ0) is 17.3. The molecule has 3 rings (SSSR count). The van der Waals surface area contributed by atoms with Gasteiger partial charge in [-0.15, -0.1) is 4.31 Å². The largest absolute Gasteiger partial charge is 0.343 e. The van der Waals surface area contributed by atoms with Gasteiger partial charge in [0.25, 0.3) is 15.9 Å². The van der Waals surface area contributed by atoms with Crippen LogP contribution in [0.5, 0.6) is 0 Å². The monoisotopic (exact) mass is 362 g/mol. The van der Waals surface area contributed by atoms with E-state index in [1.54, 1.807) is 30.3 Å². The van der Waals surface area contributed by atoms with E-state index < -0.39 is 22.0 Å². The van der Waals surface area contributed by atoms with Gasteiger partial charge in [-0.1, -0.05) is 41.9 Å². The molecule has 1 saturated heterocycles. The predicted octanol–water partition coefficient (Wildman–Crippen LogP) is 2.62. The predicted molar refractivity (Wildman–Crippen MR) is 88.4 cm³/mol. The van der Waals surface area contributed by atoms with E-state index in [1.165, 1.54) is 30.3 Å². The number of benzene rings is 2. The van der Waals surface area contributed by atoms with Crippen molar-refractivity contribution in [2.45, 2.75) is 4.90 Å². The summed E-state index contributed by atoms with van der Waals surface area (Å²) in [7, 11) is -4.26. The van der Waals surface area contributed by atoms with Crippen molar-refractivity contribution >= 4 is 39.6 Å². The lowest BCUT2D eigenvalue weighted by molar-refractivity contribution is -0.119. The molecular weight excluding hydrogens is 352 g/mol. The minimum absolute atomic E-state index is 0.123. The van der Waals surface area contributed by atoms with Crippen LogP contribution in [0, 0.1) is 0 Å². The van der Waals surface area contributed by atoms with Gasteiger partial charge in [0.1, 0.15) is 5.70 Å². The van der Waals surface area contributed by atoms with E-state index in [0.717, 1.165) is 0 Å². The number of carbonyl (C=O) groups is 2. The van der Waals surface area contributed by atoms with Gasteiger partial charge in [-0.05, 0) is 35.9 Å². The molecule has 1 aliphatic rings. The van der Waals surface area contributed by atoms with Gasteiger partial charge < -0.3 is 5.32 Å². The Kier molecular flexibility index (Phi) is 4.13. The van der Waals surface area contributed by atoms with E-state index in [-0.39, 0.29) is 14.9 Å². The number of urea groups is 1. The second-order valence-electron chi connectivity index (χ2n) is 4.93. The first-order chi connectivity index (χ1) is 11.4. The van der Waals surface area contributed by atoms with E-state index in [0.29, 0.717) is 10.6 Å². The van der Waals surface area contributed by atoms with Crippen molar-refractivity contribution in [3.05, 3.63) is 70.9 Å². The fraction of sp³-hybridized carbons (Fsp3) is 0. The van der Waals surface area contributed by atoms with E-state index in [4.69, 9.17) is 11.6 Å². The number of carbonyl (C=O) groups excluding carboxylic acids is 2. The molecule has 1 fully saturated rings. The zero-order valence-corrected chi connectivity index (χ0v) is 13.7. The first-order valence-corrected chi connectivity index (χ1v) is 8.64. The quantitative estimate of drug-likeness (QED) is 0.672. The number of halogens is 1. The second kappa shape index (κ2) is 6.10. The number of hydrogen-bond acceptors (Lipinski definition) is 4. The standard InChI is InChI=1S/C16H11ClN2O4S/c17-12-8-6-11(7-9-12)10-14-15(20)19(16(21)18-14)24(22,23)13-4-2-1-3-5-13/h1-10H,(H,18,21)/b14-10-. The van der Waals surface area contributed by atoms with Crippen LogP contribution in [0.2, 0.25) is 5.02 Å². The Bertz CT molecular complexity index is 938. The first kappa shape index (κ1) is 16.2. The molecular formula is C16H11ClN2O4S. The van der Waals surface area contributed by atoms with Gasteiger partial charge >= 0.3 is 6.03 Å². The van der Waals surface area contributed by atoms with Crippen molar-refractivity contribution in [2.24, 2.45) is 0 Å². The molecule has 6 nitrogen and oxygen atoms in total. The van der Waals surface area contributed by atoms with Crippen molar-refractivity contribution in [3.8, 4) is 0 Å². The smallest absolute Gasteiger partial charge is 0.302 e. The molecule has 0 aromatic heterocycles. The van der Waals surface area contributed by atoms with Gasteiger partial charge in [0.05, 0.1) is 4.90 Å². The van der Waals surface area contributed by atoms with Crippen LogP contribution in [0.15, 0.2) is 65.2 Å². The van der Waals surface area contributed by atoms with Crippen LogP contribution in [0.1, 0.15) is 5.56 Å². The molecule has 2 aromatic carbocycles. The maximum absolute atomic E-state index is 12.5. The number of hydrogen-bond donors (Lipinski definition) is 1. The number of imide groups is 1. The summed E-state index contributed by atoms with van der Waals surface area (Å²) in [6.45, 7) is 0. The van der Waals surface area contributed by atoms with Gasteiger partial charge in [0.15, 0.2) is 0 Å². The van der Waals surface area contributed by atoms with Crippen molar-refractivity contribution < 1.29 is 18.0 Å². The van der Waals surface area contributed by atoms with Crippen LogP contribution in [0.3, 0.4) is 0 Å². The number of amides is 3. The highest BCUT2D eigenvalue weighted by Gasteiger charge is 2.43. The number of rotatable bonds is 3. The second-order valence-corrected chi connectivity index (χ2v) is 7.15.